The summed E-state index contributed by atoms with van der Waals surface area (Å²) in [6, 6.07) is 0. The normalized spacial score (nSPS) is 9.62. The molecule has 0 fully saturated rings. The van der Waals surface area contributed by atoms with Crippen LogP contribution in [0.1, 0.15) is 0 Å². The van der Waals surface area contributed by atoms with E-state index in [1.807, 2.05) is 0 Å². The third-order valence-electron chi connectivity index (χ3n) is 0.328. The van der Waals surface area contributed by atoms with Gasteiger partial charge in [-0.3, -0.25) is 4.55 Å². The van der Waals surface area contributed by atoms with Crippen molar-refractivity contribution in [1.82, 2.24) is 0 Å². The summed E-state index contributed by atoms with van der Waals surface area (Å²) < 4.78 is 27.3. The third kappa shape index (κ3) is 10.3. The Hall–Kier alpha value is 1.29. The number of hydrogen-bond donors (Lipinski definition) is 1. The van der Waals surface area contributed by atoms with E-state index in [0.29, 0.717) is 0 Å². The zero-order valence-corrected chi connectivity index (χ0v) is 4.48. The van der Waals surface area contributed by atoms with Crippen LogP contribution in [-0.2, 0) is 10.1 Å². The van der Waals surface area contributed by atoms with Crippen molar-refractivity contribution in [2.75, 3.05) is 5.75 Å². The van der Waals surface area contributed by atoms with Gasteiger partial charge in [0.2, 0.25) is 0 Å². The molecule has 0 aromatic rings. The van der Waals surface area contributed by atoms with E-state index in [1.54, 1.807) is 0 Å². The van der Waals surface area contributed by atoms with Gasteiger partial charge < -0.3 is 0 Å². The molecule has 0 spiro atoms. The Balaban J connectivity index is 0. The molecule has 3 nitrogen and oxygen atoms in total. The van der Waals surface area contributed by atoms with E-state index in [1.165, 1.54) is 0 Å². The Morgan fingerprint density at radius 1 is 1.62 bits per heavy atom. The fourth-order valence-corrected chi connectivity index (χ4v) is 0.447. The van der Waals surface area contributed by atoms with E-state index in [-0.39, 0.29) is 57.1 Å². The van der Waals surface area contributed by atoms with Gasteiger partial charge in [0.25, 0.3) is 10.1 Å². The van der Waals surface area contributed by atoms with Crippen molar-refractivity contribution in [2.45, 2.75) is 0 Å². The molecule has 44 valence electrons. The second-order valence-electron chi connectivity index (χ2n) is 1.04. The molecule has 0 aliphatic heterocycles. The van der Waals surface area contributed by atoms with Crippen molar-refractivity contribution in [3.63, 3.8) is 0 Å². The zero-order chi connectivity index (χ0) is 5.91. The number of hydrogen-bond acceptors (Lipinski definition) is 2. The molecular weight excluding hydrogens is 155 g/mol. The predicted molar refractivity (Wildman–Crippen MR) is 33.8 cm³/mol. The van der Waals surface area contributed by atoms with Gasteiger partial charge in [-0.1, -0.05) is 6.08 Å². The van der Waals surface area contributed by atoms with Gasteiger partial charge in [0, 0.05) is 0 Å². The fourth-order valence-electron chi connectivity index (χ4n) is 0.149. The van der Waals surface area contributed by atoms with Crippen LogP contribution >= 0.6 is 0 Å². The molecule has 0 atom stereocenters. The maximum absolute atomic E-state index is 9.72. The zero-order valence-electron chi connectivity index (χ0n) is 3.66. The topological polar surface area (TPSA) is 54.4 Å². The van der Waals surface area contributed by atoms with Crippen molar-refractivity contribution in [2.24, 2.45) is 0 Å². The standard InChI is InChI=1S/C3H6O3S.K.H/c1-2-3-7(4,5)6;;/h2H,1,3H2,(H,4,5,6);;. The van der Waals surface area contributed by atoms with Gasteiger partial charge in [0.05, 0.1) is 5.75 Å². The van der Waals surface area contributed by atoms with Gasteiger partial charge in [-0.05, 0) is 0 Å². The van der Waals surface area contributed by atoms with Crippen molar-refractivity contribution >= 4 is 61.5 Å². The minimum absolute atomic E-state index is 0. The van der Waals surface area contributed by atoms with Crippen LogP contribution in [0, 0.1) is 0 Å². The summed E-state index contributed by atoms with van der Waals surface area (Å²) in [6.45, 7) is 3.11. The van der Waals surface area contributed by atoms with Crippen LogP contribution < -0.4 is 0 Å². The summed E-state index contributed by atoms with van der Waals surface area (Å²) in [7, 11) is -3.79. The number of rotatable bonds is 2. The molecule has 0 rings (SSSR count). The third-order valence-corrected chi connectivity index (χ3v) is 0.985. The maximum atomic E-state index is 9.72. The van der Waals surface area contributed by atoms with E-state index in [9.17, 15) is 8.42 Å². The molecule has 0 aliphatic carbocycles. The quantitative estimate of drug-likeness (QED) is 0.335. The van der Waals surface area contributed by atoms with Crippen molar-refractivity contribution in [1.29, 1.82) is 0 Å². The first-order valence-electron chi connectivity index (χ1n) is 1.62. The average Bonchev–Trinajstić information content (AvgIpc) is 1.30. The van der Waals surface area contributed by atoms with Crippen LogP contribution in [-0.4, -0.2) is 70.1 Å². The SMILES string of the molecule is C=CCS(=O)(=O)O.[KH]. The van der Waals surface area contributed by atoms with Gasteiger partial charge >= 0.3 is 51.4 Å². The van der Waals surface area contributed by atoms with E-state index in [2.05, 4.69) is 6.58 Å². The first-order chi connectivity index (χ1) is 3.06. The molecule has 0 unspecified atom stereocenters. The molecule has 0 amide bonds. The van der Waals surface area contributed by atoms with Crippen molar-refractivity contribution in [3.05, 3.63) is 12.7 Å². The van der Waals surface area contributed by atoms with Crippen LogP contribution in [0.4, 0.5) is 0 Å². The van der Waals surface area contributed by atoms with Gasteiger partial charge in [-0.2, -0.15) is 8.42 Å². The predicted octanol–water partition coefficient (Wildman–Crippen LogP) is -0.588. The summed E-state index contributed by atoms with van der Waals surface area (Å²) in [4.78, 5) is 0. The molecule has 8 heavy (non-hydrogen) atoms. The van der Waals surface area contributed by atoms with Crippen LogP contribution in [0.25, 0.3) is 0 Å². The second kappa shape index (κ2) is 5.10. The minimum atomic E-state index is -3.79. The Labute approximate surface area is 91.3 Å². The van der Waals surface area contributed by atoms with Gasteiger partial charge in [0.1, 0.15) is 0 Å². The molecule has 0 heterocycles. The summed E-state index contributed by atoms with van der Waals surface area (Å²) >= 11 is 0. The molecule has 0 saturated heterocycles. The summed E-state index contributed by atoms with van der Waals surface area (Å²) in [5.41, 5.74) is 0. The summed E-state index contributed by atoms with van der Waals surface area (Å²) in [5, 5.41) is 0. The molecule has 0 aromatic carbocycles. The van der Waals surface area contributed by atoms with Gasteiger partial charge in [-0.15, -0.1) is 6.58 Å². The summed E-state index contributed by atoms with van der Waals surface area (Å²) in [6.07, 6.45) is 1.12. The van der Waals surface area contributed by atoms with Gasteiger partial charge in [-0.25, -0.2) is 0 Å². The van der Waals surface area contributed by atoms with E-state index < -0.39 is 10.1 Å². The molecule has 0 radical (unpaired) electrons. The molecule has 0 bridgehead atoms. The van der Waals surface area contributed by atoms with Crippen LogP contribution in [0.15, 0.2) is 12.7 Å². The Kier molecular flexibility index (Phi) is 7.66. The summed E-state index contributed by atoms with van der Waals surface area (Å²) in [5.74, 6) is -0.368. The average molecular weight is 162 g/mol. The van der Waals surface area contributed by atoms with Crippen LogP contribution in [0.3, 0.4) is 0 Å². The van der Waals surface area contributed by atoms with E-state index in [0.717, 1.165) is 6.08 Å². The molecule has 0 aliphatic rings. The molecule has 0 saturated carbocycles. The van der Waals surface area contributed by atoms with E-state index >= 15 is 0 Å². The fraction of sp³-hybridized carbons (Fsp3) is 0.333. The molecule has 0 aromatic heterocycles. The Morgan fingerprint density at radius 2 is 2.00 bits per heavy atom. The Bertz CT molecular complexity index is 148. The monoisotopic (exact) mass is 162 g/mol. The first kappa shape index (κ1) is 12.0. The first-order valence-corrected chi connectivity index (χ1v) is 3.23. The molecule has 1 N–H and O–H groups in total. The molecular formula is C3H7KO3S. The second-order valence-corrected chi connectivity index (χ2v) is 2.53. The Morgan fingerprint density at radius 3 is 2.00 bits per heavy atom. The van der Waals surface area contributed by atoms with Crippen molar-refractivity contribution in [3.8, 4) is 0 Å². The van der Waals surface area contributed by atoms with E-state index in [4.69, 9.17) is 4.55 Å². The van der Waals surface area contributed by atoms with Crippen LogP contribution in [0.2, 0.25) is 0 Å². The molecule has 5 heteroatoms. The van der Waals surface area contributed by atoms with Crippen molar-refractivity contribution < 1.29 is 13.0 Å². The van der Waals surface area contributed by atoms with Crippen LogP contribution in [0.5, 0.6) is 0 Å². The van der Waals surface area contributed by atoms with Gasteiger partial charge in [0.15, 0.2) is 0 Å².